The lowest BCUT2D eigenvalue weighted by molar-refractivity contribution is -0.123. The molecule has 1 aromatic rings. The van der Waals surface area contributed by atoms with E-state index in [1.165, 1.54) is 26.2 Å². The van der Waals surface area contributed by atoms with Gasteiger partial charge in [-0.25, -0.2) is 0 Å². The van der Waals surface area contributed by atoms with Crippen LogP contribution in [0.2, 0.25) is 0 Å². The summed E-state index contributed by atoms with van der Waals surface area (Å²) in [5.41, 5.74) is 0.338. The minimum absolute atomic E-state index is 0.0380. The zero-order valence-corrected chi connectivity index (χ0v) is 12.3. The van der Waals surface area contributed by atoms with E-state index in [1.54, 1.807) is 12.1 Å². The summed E-state index contributed by atoms with van der Waals surface area (Å²) < 4.78 is 15.6. The van der Waals surface area contributed by atoms with Crippen LogP contribution in [0.15, 0.2) is 12.1 Å². The molecule has 1 aliphatic heterocycles. The van der Waals surface area contributed by atoms with E-state index in [-0.39, 0.29) is 18.4 Å². The second kappa shape index (κ2) is 6.34. The molecule has 21 heavy (non-hydrogen) atoms. The number of carbonyl (C=O) groups excluding carboxylic acids is 2. The van der Waals surface area contributed by atoms with Crippen LogP contribution in [-0.4, -0.2) is 57.7 Å². The zero-order valence-electron chi connectivity index (χ0n) is 12.3. The first-order chi connectivity index (χ1) is 10.1. The largest absolute Gasteiger partial charge is 0.496 e. The predicted molar refractivity (Wildman–Crippen MR) is 75.0 cm³/mol. The SMILES string of the molecule is COc1cc(OC)c(C(=O)N2CCNC(=O)C2)cc1OC. The molecule has 0 aliphatic carbocycles. The lowest BCUT2D eigenvalue weighted by Gasteiger charge is -2.27. The van der Waals surface area contributed by atoms with Gasteiger partial charge in [-0.3, -0.25) is 9.59 Å². The fraction of sp³-hybridized carbons (Fsp3) is 0.429. The molecule has 1 saturated heterocycles. The van der Waals surface area contributed by atoms with E-state index in [0.29, 0.717) is 35.9 Å². The molecule has 0 radical (unpaired) electrons. The average molecular weight is 294 g/mol. The molecule has 0 bridgehead atoms. The Kier molecular flexibility index (Phi) is 4.52. The highest BCUT2D eigenvalue weighted by Gasteiger charge is 2.26. The molecule has 7 nitrogen and oxygen atoms in total. The highest BCUT2D eigenvalue weighted by Crippen LogP contribution is 2.35. The summed E-state index contributed by atoms with van der Waals surface area (Å²) in [6.45, 7) is 0.943. The lowest BCUT2D eigenvalue weighted by Crippen LogP contribution is -2.50. The third-order valence-electron chi connectivity index (χ3n) is 3.26. The van der Waals surface area contributed by atoms with Crippen molar-refractivity contribution >= 4 is 11.8 Å². The Morgan fingerprint density at radius 2 is 1.71 bits per heavy atom. The lowest BCUT2D eigenvalue weighted by atomic mass is 10.1. The van der Waals surface area contributed by atoms with Crippen molar-refractivity contribution in [1.29, 1.82) is 0 Å². The van der Waals surface area contributed by atoms with Crippen molar-refractivity contribution in [1.82, 2.24) is 10.2 Å². The van der Waals surface area contributed by atoms with Gasteiger partial charge >= 0.3 is 0 Å². The number of benzene rings is 1. The van der Waals surface area contributed by atoms with Crippen molar-refractivity contribution in [2.45, 2.75) is 0 Å². The molecule has 2 rings (SSSR count). The fourth-order valence-electron chi connectivity index (χ4n) is 2.18. The first kappa shape index (κ1) is 15.0. The first-order valence-corrected chi connectivity index (χ1v) is 6.46. The first-order valence-electron chi connectivity index (χ1n) is 6.46. The second-order valence-corrected chi connectivity index (χ2v) is 4.48. The molecule has 0 spiro atoms. The van der Waals surface area contributed by atoms with Gasteiger partial charge in [-0.2, -0.15) is 0 Å². The van der Waals surface area contributed by atoms with Crippen LogP contribution in [0.3, 0.4) is 0 Å². The van der Waals surface area contributed by atoms with E-state index in [0.717, 1.165) is 0 Å². The van der Waals surface area contributed by atoms with E-state index >= 15 is 0 Å². The number of carbonyl (C=O) groups is 2. The standard InChI is InChI=1S/C14H18N2O5/c1-19-10-7-12(21-3)11(20-2)6-9(10)14(18)16-5-4-15-13(17)8-16/h6-7H,4-5,8H2,1-3H3,(H,15,17). The van der Waals surface area contributed by atoms with Gasteiger partial charge in [0.2, 0.25) is 5.91 Å². The molecule has 0 unspecified atom stereocenters. The Hall–Kier alpha value is -2.44. The van der Waals surface area contributed by atoms with Gasteiger partial charge in [0.15, 0.2) is 11.5 Å². The molecule has 0 aromatic heterocycles. The van der Waals surface area contributed by atoms with Crippen molar-refractivity contribution in [3.63, 3.8) is 0 Å². The van der Waals surface area contributed by atoms with Gasteiger partial charge < -0.3 is 24.4 Å². The molecule has 1 aliphatic rings. The summed E-state index contributed by atoms with van der Waals surface area (Å²) in [5, 5.41) is 2.68. The van der Waals surface area contributed by atoms with Crippen LogP contribution in [0.4, 0.5) is 0 Å². The van der Waals surface area contributed by atoms with E-state index in [2.05, 4.69) is 5.32 Å². The van der Waals surface area contributed by atoms with E-state index in [4.69, 9.17) is 14.2 Å². The summed E-state index contributed by atoms with van der Waals surface area (Å²) >= 11 is 0. The van der Waals surface area contributed by atoms with Gasteiger partial charge in [0.1, 0.15) is 5.75 Å². The Bertz CT molecular complexity index is 559. The fourth-order valence-corrected chi connectivity index (χ4v) is 2.18. The van der Waals surface area contributed by atoms with Crippen molar-refractivity contribution in [2.24, 2.45) is 0 Å². The monoisotopic (exact) mass is 294 g/mol. The van der Waals surface area contributed by atoms with E-state index in [9.17, 15) is 9.59 Å². The Morgan fingerprint density at radius 3 is 2.29 bits per heavy atom. The second-order valence-electron chi connectivity index (χ2n) is 4.48. The summed E-state index contributed by atoms with van der Waals surface area (Å²) in [7, 11) is 4.47. The number of nitrogens with one attached hydrogen (secondary N) is 1. The maximum absolute atomic E-state index is 12.6. The van der Waals surface area contributed by atoms with Crippen LogP contribution < -0.4 is 19.5 Å². The van der Waals surface area contributed by atoms with Crippen molar-refractivity contribution in [2.75, 3.05) is 41.0 Å². The molecule has 7 heteroatoms. The maximum atomic E-state index is 12.6. The van der Waals surface area contributed by atoms with E-state index in [1.807, 2.05) is 0 Å². The maximum Gasteiger partial charge on any atom is 0.258 e. The minimum Gasteiger partial charge on any atom is -0.496 e. The summed E-state index contributed by atoms with van der Waals surface area (Å²) in [4.78, 5) is 25.4. The third-order valence-corrected chi connectivity index (χ3v) is 3.26. The van der Waals surface area contributed by atoms with Gasteiger partial charge in [-0.15, -0.1) is 0 Å². The van der Waals surface area contributed by atoms with Crippen molar-refractivity contribution < 1.29 is 23.8 Å². The molecule has 2 amide bonds. The Balaban J connectivity index is 2.37. The van der Waals surface area contributed by atoms with Gasteiger partial charge in [0.05, 0.1) is 33.4 Å². The van der Waals surface area contributed by atoms with Crippen LogP contribution in [0, 0.1) is 0 Å². The van der Waals surface area contributed by atoms with Gasteiger partial charge in [0.25, 0.3) is 5.91 Å². The highest BCUT2D eigenvalue weighted by atomic mass is 16.5. The van der Waals surface area contributed by atoms with Gasteiger partial charge in [-0.1, -0.05) is 0 Å². The summed E-state index contributed by atoms with van der Waals surface area (Å²) in [6.07, 6.45) is 0. The minimum atomic E-state index is -0.275. The number of amides is 2. The molecule has 1 aromatic carbocycles. The molecule has 1 fully saturated rings. The number of nitrogens with zero attached hydrogens (tertiary/aromatic N) is 1. The molecular formula is C14H18N2O5. The van der Waals surface area contributed by atoms with Crippen LogP contribution in [0.5, 0.6) is 17.2 Å². The smallest absolute Gasteiger partial charge is 0.258 e. The molecular weight excluding hydrogens is 276 g/mol. The molecule has 114 valence electrons. The number of hydrogen-bond donors (Lipinski definition) is 1. The number of hydrogen-bond acceptors (Lipinski definition) is 5. The molecule has 0 atom stereocenters. The Morgan fingerprint density at radius 1 is 1.10 bits per heavy atom. The number of piperazine rings is 1. The molecule has 1 heterocycles. The van der Waals surface area contributed by atoms with Gasteiger partial charge in [-0.05, 0) is 0 Å². The highest BCUT2D eigenvalue weighted by molar-refractivity contribution is 6.00. The zero-order chi connectivity index (χ0) is 15.4. The quantitative estimate of drug-likeness (QED) is 0.863. The molecule has 0 saturated carbocycles. The Labute approximate surface area is 122 Å². The van der Waals surface area contributed by atoms with Crippen LogP contribution in [0.25, 0.3) is 0 Å². The summed E-state index contributed by atoms with van der Waals surface area (Å²) in [5.74, 6) is 0.839. The topological polar surface area (TPSA) is 77.1 Å². The van der Waals surface area contributed by atoms with Crippen LogP contribution in [-0.2, 0) is 4.79 Å². The number of methoxy groups -OCH3 is 3. The van der Waals surface area contributed by atoms with E-state index < -0.39 is 0 Å². The third kappa shape index (κ3) is 3.01. The van der Waals surface area contributed by atoms with Crippen LogP contribution >= 0.6 is 0 Å². The van der Waals surface area contributed by atoms with Crippen molar-refractivity contribution in [3.8, 4) is 17.2 Å². The number of ether oxygens (including phenoxy) is 3. The van der Waals surface area contributed by atoms with Crippen molar-refractivity contribution in [3.05, 3.63) is 17.7 Å². The average Bonchev–Trinajstić information content (AvgIpc) is 2.52. The van der Waals surface area contributed by atoms with Crippen LogP contribution in [0.1, 0.15) is 10.4 Å². The van der Waals surface area contributed by atoms with Gasteiger partial charge in [0, 0.05) is 25.2 Å². The normalized spacial score (nSPS) is 14.4. The number of rotatable bonds is 4. The molecule has 1 N–H and O–H groups in total. The summed E-state index contributed by atoms with van der Waals surface area (Å²) in [6, 6.07) is 3.16. The predicted octanol–water partition coefficient (Wildman–Crippen LogP) is 0.284.